The molecule has 14 nitrogen and oxygen atoms in total. The van der Waals surface area contributed by atoms with Crippen molar-refractivity contribution in [2.75, 3.05) is 13.2 Å². The lowest BCUT2D eigenvalue weighted by atomic mass is 10.1. The molecule has 2 amide bonds. The van der Waals surface area contributed by atoms with Crippen molar-refractivity contribution in [1.82, 2.24) is 39.7 Å². The Labute approximate surface area is 346 Å². The predicted molar refractivity (Wildman–Crippen MR) is 234 cm³/mol. The number of alkyl carbamates (subject to hydrolysis) is 2. The van der Waals surface area contributed by atoms with Crippen molar-refractivity contribution in [2.24, 2.45) is 0 Å². The zero-order valence-electron chi connectivity index (χ0n) is 37.1. The predicted octanol–water partition coefficient (Wildman–Crippen LogP) is 9.67. The van der Waals surface area contributed by atoms with Crippen LogP contribution in [0, 0.1) is 0 Å². The lowest BCUT2D eigenvalue weighted by molar-refractivity contribution is 0.0486. The smallest absolute Gasteiger partial charge is 0.408 e. The number of hydrogen-bond donors (Lipinski definition) is 2. The Morgan fingerprint density at radius 1 is 0.603 bits per heavy atom. The van der Waals surface area contributed by atoms with Gasteiger partial charge < -0.3 is 38.7 Å². The van der Waals surface area contributed by atoms with E-state index in [1.807, 2.05) is 88.8 Å². The monoisotopic (exact) mass is 834 g/mol. The number of carbonyl (C=O) groups excluding carboxylic acids is 2. The van der Waals surface area contributed by atoms with Crippen LogP contribution in [0.1, 0.15) is 79.1 Å². The van der Waals surface area contributed by atoms with Gasteiger partial charge >= 0.3 is 12.2 Å². The third kappa shape index (κ3) is 14.5. The van der Waals surface area contributed by atoms with Gasteiger partial charge in [0, 0.05) is 52.9 Å². The van der Waals surface area contributed by atoms with Crippen LogP contribution in [0.25, 0.3) is 33.9 Å². The average molecular weight is 835 g/mol. The number of rotatable bonds is 17. The molecule has 4 aromatic rings. The van der Waals surface area contributed by atoms with Crippen LogP contribution in [0.3, 0.4) is 0 Å². The lowest BCUT2D eigenvalue weighted by Crippen LogP contribution is -2.35. The Hall–Kier alpha value is -4.39. The van der Waals surface area contributed by atoms with Gasteiger partial charge in [0.2, 0.25) is 0 Å². The molecule has 0 radical (unpaired) electrons. The minimum absolute atomic E-state index is 0.276. The Balaban J connectivity index is 1.57. The molecule has 2 N–H and O–H groups in total. The summed E-state index contributed by atoms with van der Waals surface area (Å²) in [6, 6.07) is 9.02. The molecular weight excluding hydrogens is 769 g/mol. The standard InChI is InChI=1S/C42H66N8O6Si2/c1-29(47-39(51)55-41(3,4)5)37-45-25-35(49(37)27-53-19-21-57(9,10)11)31-15-17-33(43-23-31)34-18-16-32(24-44-34)36-26-46-38(30(2)48-40(52)56-42(6,7)8)50(36)28-54-20-22-58(12,13)14/h15-18,23-26,29-30H,19-22,27-28H2,1-14H3,(H,47,51)(H,48,52)/t29-,30+. The molecule has 0 saturated carbocycles. The van der Waals surface area contributed by atoms with Gasteiger partial charge in [-0.25, -0.2) is 19.6 Å². The van der Waals surface area contributed by atoms with Crippen LogP contribution in [0.15, 0.2) is 49.1 Å². The van der Waals surface area contributed by atoms with E-state index in [4.69, 9.17) is 38.9 Å². The number of nitrogens with one attached hydrogen (secondary N) is 2. The van der Waals surface area contributed by atoms with Gasteiger partial charge in [0.25, 0.3) is 0 Å². The van der Waals surface area contributed by atoms with E-state index in [1.165, 1.54) is 0 Å². The Morgan fingerprint density at radius 2 is 0.966 bits per heavy atom. The molecule has 0 aliphatic heterocycles. The van der Waals surface area contributed by atoms with Crippen LogP contribution in [-0.2, 0) is 32.4 Å². The van der Waals surface area contributed by atoms with Crippen LogP contribution < -0.4 is 10.6 Å². The van der Waals surface area contributed by atoms with E-state index in [-0.39, 0.29) is 13.5 Å². The summed E-state index contributed by atoms with van der Waals surface area (Å²) in [5.74, 6) is 1.29. The topological polar surface area (TPSA) is 157 Å². The molecule has 0 aliphatic rings. The van der Waals surface area contributed by atoms with Gasteiger partial charge in [-0.05, 0) is 91.7 Å². The molecule has 0 aromatic carbocycles. The lowest BCUT2D eigenvalue weighted by Gasteiger charge is -2.23. The zero-order chi connectivity index (χ0) is 43.1. The Kier molecular flexibility index (Phi) is 15.3. The van der Waals surface area contributed by atoms with Crippen molar-refractivity contribution in [1.29, 1.82) is 0 Å². The van der Waals surface area contributed by atoms with Crippen molar-refractivity contribution in [3.8, 4) is 33.9 Å². The van der Waals surface area contributed by atoms with E-state index in [2.05, 4.69) is 49.9 Å². The first kappa shape index (κ1) is 46.3. The first-order valence-corrected chi connectivity index (χ1v) is 27.5. The molecule has 4 heterocycles. The van der Waals surface area contributed by atoms with Crippen LogP contribution in [0.4, 0.5) is 9.59 Å². The fourth-order valence-corrected chi connectivity index (χ4v) is 7.28. The Bertz CT molecular complexity index is 1810. The normalized spacial score (nSPS) is 13.6. The highest BCUT2D eigenvalue weighted by Crippen LogP contribution is 2.29. The molecular formula is C42H66N8O6Si2. The van der Waals surface area contributed by atoms with Gasteiger partial charge in [-0.1, -0.05) is 39.3 Å². The number of amides is 2. The van der Waals surface area contributed by atoms with Crippen LogP contribution in [0.2, 0.25) is 51.4 Å². The molecule has 0 bridgehead atoms. The first-order valence-electron chi connectivity index (χ1n) is 20.1. The van der Waals surface area contributed by atoms with E-state index >= 15 is 0 Å². The van der Waals surface area contributed by atoms with Gasteiger partial charge in [0.1, 0.15) is 36.3 Å². The summed E-state index contributed by atoms with van der Waals surface area (Å²) in [5.41, 5.74) is 3.47. The largest absolute Gasteiger partial charge is 0.444 e. The van der Waals surface area contributed by atoms with E-state index in [9.17, 15) is 9.59 Å². The van der Waals surface area contributed by atoms with Crippen molar-refractivity contribution < 1.29 is 28.5 Å². The molecule has 2 atom stereocenters. The molecule has 4 aromatic heterocycles. The molecule has 0 spiro atoms. The number of imidazole rings is 2. The van der Waals surface area contributed by atoms with Gasteiger partial charge in [0.05, 0.1) is 47.3 Å². The van der Waals surface area contributed by atoms with E-state index in [0.717, 1.165) is 34.6 Å². The zero-order valence-corrected chi connectivity index (χ0v) is 39.1. The summed E-state index contributed by atoms with van der Waals surface area (Å²) in [5, 5.41) is 5.82. The second-order valence-electron chi connectivity index (χ2n) is 19.2. The highest BCUT2D eigenvalue weighted by Gasteiger charge is 2.25. The number of aromatic nitrogens is 6. The molecule has 0 unspecified atom stereocenters. The average Bonchev–Trinajstić information content (AvgIpc) is 3.71. The van der Waals surface area contributed by atoms with Gasteiger partial charge in [0.15, 0.2) is 0 Å². The maximum absolute atomic E-state index is 12.6. The highest BCUT2D eigenvalue weighted by molar-refractivity contribution is 6.76. The molecule has 58 heavy (non-hydrogen) atoms. The molecule has 0 aliphatic carbocycles. The number of hydrogen-bond acceptors (Lipinski definition) is 10. The fraction of sp³-hybridized carbons (Fsp3) is 0.571. The molecule has 0 saturated heterocycles. The fourth-order valence-electron chi connectivity index (χ4n) is 5.76. The number of carbonyl (C=O) groups is 2. The molecule has 16 heteroatoms. The number of pyridine rings is 2. The van der Waals surface area contributed by atoms with E-state index in [0.29, 0.717) is 36.3 Å². The van der Waals surface area contributed by atoms with Crippen LogP contribution >= 0.6 is 0 Å². The Morgan fingerprint density at radius 3 is 1.26 bits per heavy atom. The minimum atomic E-state index is -1.30. The SMILES string of the molecule is C[C@H](NC(=O)OC(C)(C)C)c1ncc(-c2ccc(-c3ccc(-c4cnc([C@@H](C)NC(=O)OC(C)(C)C)n4COCC[Si](C)(C)C)cn3)nc2)n1COCC[Si](C)(C)C. The summed E-state index contributed by atoms with van der Waals surface area (Å²) in [6.07, 6.45) is 6.14. The van der Waals surface area contributed by atoms with E-state index in [1.54, 1.807) is 24.8 Å². The third-order valence-corrected chi connectivity index (χ3v) is 12.2. The van der Waals surface area contributed by atoms with Crippen molar-refractivity contribution >= 4 is 28.3 Å². The minimum Gasteiger partial charge on any atom is -0.444 e. The van der Waals surface area contributed by atoms with E-state index < -0.39 is 51.6 Å². The maximum Gasteiger partial charge on any atom is 0.408 e. The summed E-state index contributed by atoms with van der Waals surface area (Å²) in [7, 11) is -2.59. The number of ether oxygens (including phenoxy) is 4. The summed E-state index contributed by atoms with van der Waals surface area (Å²) in [6.45, 7) is 30.5. The van der Waals surface area contributed by atoms with Crippen LogP contribution in [-0.4, -0.2) is 81.8 Å². The maximum atomic E-state index is 12.6. The molecule has 318 valence electrons. The summed E-state index contributed by atoms with van der Waals surface area (Å²) >= 11 is 0. The van der Waals surface area contributed by atoms with Crippen LogP contribution in [0.5, 0.6) is 0 Å². The van der Waals surface area contributed by atoms with Crippen molar-refractivity contribution in [2.45, 2.75) is 144 Å². The molecule has 4 rings (SSSR count). The van der Waals surface area contributed by atoms with Gasteiger partial charge in [-0.2, -0.15) is 0 Å². The van der Waals surface area contributed by atoms with Gasteiger partial charge in [-0.15, -0.1) is 0 Å². The quantitative estimate of drug-likeness (QED) is 0.0776. The number of nitrogens with zero attached hydrogens (tertiary/aromatic N) is 6. The van der Waals surface area contributed by atoms with Crippen molar-refractivity contribution in [3.05, 3.63) is 60.7 Å². The summed E-state index contributed by atoms with van der Waals surface area (Å²) < 4.78 is 27.3. The van der Waals surface area contributed by atoms with Gasteiger partial charge in [-0.3, -0.25) is 9.97 Å². The summed E-state index contributed by atoms with van der Waals surface area (Å²) in [4.78, 5) is 44.3. The second kappa shape index (κ2) is 19.1. The highest BCUT2D eigenvalue weighted by atomic mass is 28.3. The second-order valence-corrected chi connectivity index (χ2v) is 30.4. The third-order valence-electron chi connectivity index (χ3n) is 8.83. The molecule has 0 fully saturated rings. The van der Waals surface area contributed by atoms with Crippen molar-refractivity contribution in [3.63, 3.8) is 0 Å². The first-order chi connectivity index (χ1) is 26.9.